The third-order valence-corrected chi connectivity index (χ3v) is 3.98. The second-order valence-corrected chi connectivity index (χ2v) is 5.96. The Labute approximate surface area is 143 Å². The summed E-state index contributed by atoms with van der Waals surface area (Å²) in [5, 5.41) is 12.2. The van der Waals surface area contributed by atoms with Crippen molar-refractivity contribution in [3.8, 4) is 11.3 Å². The molecule has 0 saturated carbocycles. The van der Waals surface area contributed by atoms with Gasteiger partial charge in [0.05, 0.1) is 11.1 Å². The van der Waals surface area contributed by atoms with Crippen LogP contribution in [-0.4, -0.2) is 20.2 Å². The summed E-state index contributed by atoms with van der Waals surface area (Å²) in [6.45, 7) is 2.06. The van der Waals surface area contributed by atoms with E-state index < -0.39 is 0 Å². The first kappa shape index (κ1) is 14.7. The van der Waals surface area contributed by atoms with E-state index in [1.165, 1.54) is 11.9 Å². The van der Waals surface area contributed by atoms with Crippen molar-refractivity contribution in [1.29, 1.82) is 0 Å². The molecular formula is C18H14ClN5. The second kappa shape index (κ2) is 5.94. The van der Waals surface area contributed by atoms with E-state index in [9.17, 15) is 0 Å². The summed E-state index contributed by atoms with van der Waals surface area (Å²) >= 11 is 6.06. The van der Waals surface area contributed by atoms with Gasteiger partial charge in [-0.1, -0.05) is 41.4 Å². The van der Waals surface area contributed by atoms with Crippen molar-refractivity contribution in [3.63, 3.8) is 0 Å². The summed E-state index contributed by atoms with van der Waals surface area (Å²) in [7, 11) is 0. The van der Waals surface area contributed by atoms with Crippen LogP contribution in [0.3, 0.4) is 0 Å². The molecule has 4 rings (SSSR count). The molecule has 0 unspecified atom stereocenters. The standard InChI is InChI=1S/C18H14ClN5/c1-11-4-2-5-12(8-11)16-15-17(20-10-21-18(15)24-23-16)22-14-7-3-6-13(19)9-14/h2-10H,1H3,(H2,20,21,22,23,24). The van der Waals surface area contributed by atoms with E-state index in [0.717, 1.165) is 22.3 Å². The lowest BCUT2D eigenvalue weighted by Crippen LogP contribution is -1.96. The molecule has 0 radical (unpaired) electrons. The molecular weight excluding hydrogens is 322 g/mol. The Balaban J connectivity index is 1.86. The number of halogens is 1. The van der Waals surface area contributed by atoms with Crippen LogP contribution < -0.4 is 5.32 Å². The van der Waals surface area contributed by atoms with Gasteiger partial charge in [-0.05, 0) is 31.2 Å². The van der Waals surface area contributed by atoms with Gasteiger partial charge in [0.2, 0.25) is 0 Å². The number of aromatic amines is 1. The smallest absolute Gasteiger partial charge is 0.186 e. The Morgan fingerprint density at radius 3 is 2.75 bits per heavy atom. The number of anilines is 2. The molecule has 0 bridgehead atoms. The Morgan fingerprint density at radius 2 is 1.92 bits per heavy atom. The first-order valence-corrected chi connectivity index (χ1v) is 7.87. The summed E-state index contributed by atoms with van der Waals surface area (Å²) in [5.41, 5.74) is 4.58. The van der Waals surface area contributed by atoms with Gasteiger partial charge in [-0.25, -0.2) is 9.97 Å². The minimum Gasteiger partial charge on any atom is -0.339 e. The van der Waals surface area contributed by atoms with E-state index in [1.807, 2.05) is 36.4 Å². The predicted octanol–water partition coefficient (Wildman–Crippen LogP) is 4.73. The van der Waals surface area contributed by atoms with Gasteiger partial charge in [0.25, 0.3) is 0 Å². The fraction of sp³-hybridized carbons (Fsp3) is 0.0556. The lowest BCUT2D eigenvalue weighted by molar-refractivity contribution is 1.09. The zero-order valence-electron chi connectivity index (χ0n) is 12.9. The third-order valence-electron chi connectivity index (χ3n) is 3.74. The van der Waals surface area contributed by atoms with E-state index in [-0.39, 0.29) is 0 Å². The summed E-state index contributed by atoms with van der Waals surface area (Å²) in [4.78, 5) is 8.64. The van der Waals surface area contributed by atoms with Gasteiger partial charge in [-0.3, -0.25) is 5.10 Å². The number of nitrogens with zero attached hydrogens (tertiary/aromatic N) is 3. The predicted molar refractivity (Wildman–Crippen MR) is 96.6 cm³/mol. The molecule has 0 spiro atoms. The van der Waals surface area contributed by atoms with E-state index in [2.05, 4.69) is 44.5 Å². The zero-order chi connectivity index (χ0) is 16.5. The van der Waals surface area contributed by atoms with Crippen LogP contribution >= 0.6 is 11.6 Å². The molecule has 24 heavy (non-hydrogen) atoms. The molecule has 2 N–H and O–H groups in total. The van der Waals surface area contributed by atoms with Crippen LogP contribution in [0.15, 0.2) is 54.9 Å². The average Bonchev–Trinajstić information content (AvgIpc) is 3.00. The van der Waals surface area contributed by atoms with E-state index in [1.54, 1.807) is 0 Å². The van der Waals surface area contributed by atoms with Crippen LogP contribution in [0.25, 0.3) is 22.3 Å². The van der Waals surface area contributed by atoms with Gasteiger partial charge in [0.15, 0.2) is 5.65 Å². The number of aromatic nitrogens is 4. The van der Waals surface area contributed by atoms with Crippen LogP contribution in [0.1, 0.15) is 5.56 Å². The molecule has 6 heteroatoms. The summed E-state index contributed by atoms with van der Waals surface area (Å²) in [6, 6.07) is 15.7. The average molecular weight is 336 g/mol. The molecule has 0 aliphatic carbocycles. The van der Waals surface area contributed by atoms with Crippen molar-refractivity contribution in [2.24, 2.45) is 0 Å². The molecule has 2 heterocycles. The lowest BCUT2D eigenvalue weighted by Gasteiger charge is -2.08. The fourth-order valence-corrected chi connectivity index (χ4v) is 2.85. The van der Waals surface area contributed by atoms with Crippen LogP contribution in [0.4, 0.5) is 11.5 Å². The van der Waals surface area contributed by atoms with Gasteiger partial charge in [0.1, 0.15) is 12.1 Å². The number of fused-ring (bicyclic) bond motifs is 1. The molecule has 0 aliphatic heterocycles. The van der Waals surface area contributed by atoms with Gasteiger partial charge in [-0.2, -0.15) is 5.10 Å². The van der Waals surface area contributed by atoms with Crippen LogP contribution in [0.5, 0.6) is 0 Å². The topological polar surface area (TPSA) is 66.5 Å². The van der Waals surface area contributed by atoms with Crippen molar-refractivity contribution >= 4 is 34.1 Å². The van der Waals surface area contributed by atoms with E-state index >= 15 is 0 Å². The highest BCUT2D eigenvalue weighted by Gasteiger charge is 2.14. The molecule has 4 aromatic rings. The first-order chi connectivity index (χ1) is 11.7. The fourth-order valence-electron chi connectivity index (χ4n) is 2.66. The zero-order valence-corrected chi connectivity index (χ0v) is 13.7. The lowest BCUT2D eigenvalue weighted by atomic mass is 10.1. The monoisotopic (exact) mass is 335 g/mol. The van der Waals surface area contributed by atoms with Crippen LogP contribution in [0, 0.1) is 6.92 Å². The Hall–Kier alpha value is -2.92. The third kappa shape index (κ3) is 2.70. The van der Waals surface area contributed by atoms with Crippen molar-refractivity contribution in [3.05, 3.63) is 65.4 Å². The Morgan fingerprint density at radius 1 is 1.04 bits per heavy atom. The quantitative estimate of drug-likeness (QED) is 0.568. The van der Waals surface area contributed by atoms with Crippen molar-refractivity contribution < 1.29 is 0 Å². The Kier molecular flexibility index (Phi) is 3.63. The minimum atomic E-state index is 0.617. The number of aryl methyl sites for hydroxylation is 1. The molecule has 0 saturated heterocycles. The minimum absolute atomic E-state index is 0.617. The van der Waals surface area contributed by atoms with Gasteiger partial charge in [-0.15, -0.1) is 0 Å². The molecule has 2 aromatic heterocycles. The normalized spacial score (nSPS) is 10.9. The van der Waals surface area contributed by atoms with Crippen molar-refractivity contribution in [1.82, 2.24) is 20.2 Å². The largest absolute Gasteiger partial charge is 0.339 e. The molecule has 0 aliphatic rings. The maximum Gasteiger partial charge on any atom is 0.186 e. The number of H-pyrrole nitrogens is 1. The van der Waals surface area contributed by atoms with Gasteiger partial charge >= 0.3 is 0 Å². The summed E-state index contributed by atoms with van der Waals surface area (Å²) in [5.74, 6) is 0.688. The maximum absolute atomic E-state index is 6.06. The molecule has 0 atom stereocenters. The molecule has 118 valence electrons. The molecule has 2 aromatic carbocycles. The summed E-state index contributed by atoms with van der Waals surface area (Å²) in [6.07, 6.45) is 1.50. The SMILES string of the molecule is Cc1cccc(-c2[nH]nc3ncnc(Nc4cccc(Cl)c4)c23)c1. The first-order valence-electron chi connectivity index (χ1n) is 7.49. The molecule has 5 nitrogen and oxygen atoms in total. The number of rotatable bonds is 3. The van der Waals surface area contributed by atoms with Gasteiger partial charge in [0, 0.05) is 16.3 Å². The second-order valence-electron chi connectivity index (χ2n) is 5.52. The van der Waals surface area contributed by atoms with E-state index in [4.69, 9.17) is 11.6 Å². The highest BCUT2D eigenvalue weighted by atomic mass is 35.5. The highest BCUT2D eigenvalue weighted by molar-refractivity contribution is 6.30. The maximum atomic E-state index is 6.06. The molecule has 0 fully saturated rings. The molecule has 0 amide bonds. The highest BCUT2D eigenvalue weighted by Crippen LogP contribution is 2.31. The van der Waals surface area contributed by atoms with Gasteiger partial charge < -0.3 is 5.32 Å². The van der Waals surface area contributed by atoms with Crippen molar-refractivity contribution in [2.45, 2.75) is 6.92 Å². The number of nitrogens with one attached hydrogen (secondary N) is 2. The Bertz CT molecular complexity index is 1020. The number of benzene rings is 2. The van der Waals surface area contributed by atoms with Crippen LogP contribution in [-0.2, 0) is 0 Å². The summed E-state index contributed by atoms with van der Waals surface area (Å²) < 4.78 is 0. The number of hydrogen-bond donors (Lipinski definition) is 2. The van der Waals surface area contributed by atoms with Crippen LogP contribution in [0.2, 0.25) is 5.02 Å². The number of hydrogen-bond acceptors (Lipinski definition) is 4. The van der Waals surface area contributed by atoms with Crippen molar-refractivity contribution in [2.75, 3.05) is 5.32 Å². The van der Waals surface area contributed by atoms with E-state index in [0.29, 0.717) is 16.5 Å².